The number of alkyl carbamates (subject to hydrolysis) is 1. The van der Waals surface area contributed by atoms with Crippen LogP contribution in [0.4, 0.5) is 4.79 Å². The second kappa shape index (κ2) is 26.9. The molecule has 0 aliphatic carbocycles. The lowest BCUT2D eigenvalue weighted by Crippen LogP contribution is -2.38. The van der Waals surface area contributed by atoms with Gasteiger partial charge in [0.25, 0.3) is 0 Å². The van der Waals surface area contributed by atoms with Crippen molar-refractivity contribution in [3.63, 3.8) is 0 Å². The maximum Gasteiger partial charge on any atom is 0.407 e. The molecule has 2 saturated heterocycles. The fourth-order valence-electron chi connectivity index (χ4n) is 5.83. The number of H-pyrrole nitrogens is 2. The van der Waals surface area contributed by atoms with Crippen LogP contribution in [0, 0.1) is 0 Å². The number of aromatic nitrogens is 5. The quantitative estimate of drug-likeness (QED) is 0.129. The molecule has 0 spiro atoms. The summed E-state index contributed by atoms with van der Waals surface area (Å²) in [5, 5.41) is 4.85. The molecule has 318 valence electrons. The van der Waals surface area contributed by atoms with Gasteiger partial charge in [-0.25, -0.2) is 14.8 Å². The molecular formula is C43H65N9O6. The molecule has 0 saturated carbocycles. The third kappa shape index (κ3) is 15.2. The SMILES string of the molecule is CC.CC(=O)NCC(=O)N1CCCC1.CCC.CCC.COC(=O)NCC(=O)N1CCCC1.Cn1cc(-c2ccc(-c3cnc[nH]3)cc2)c2occ(-c3cnc[nH]3)c21. The van der Waals surface area contributed by atoms with E-state index in [-0.39, 0.29) is 30.8 Å². The molecule has 0 unspecified atom stereocenters. The van der Waals surface area contributed by atoms with Crippen molar-refractivity contribution in [3.8, 4) is 33.6 Å². The van der Waals surface area contributed by atoms with Crippen molar-refractivity contribution in [2.45, 2.75) is 87.0 Å². The van der Waals surface area contributed by atoms with E-state index in [4.69, 9.17) is 4.42 Å². The first-order valence-corrected chi connectivity index (χ1v) is 20.3. The maximum absolute atomic E-state index is 11.3. The lowest BCUT2D eigenvalue weighted by atomic mass is 10.0. The maximum atomic E-state index is 11.3. The van der Waals surface area contributed by atoms with Gasteiger partial charge in [0.05, 0.1) is 61.2 Å². The number of hydrogen-bond donors (Lipinski definition) is 4. The van der Waals surface area contributed by atoms with E-state index in [0.717, 1.165) is 96.6 Å². The number of nitrogens with one attached hydrogen (secondary N) is 4. The topological polar surface area (TPSA) is 183 Å². The minimum Gasteiger partial charge on any atom is -0.461 e. The number of carbonyl (C=O) groups is 4. The van der Waals surface area contributed by atoms with Gasteiger partial charge in [-0.05, 0) is 36.8 Å². The number of fused-ring (bicyclic) bond motifs is 1. The monoisotopic (exact) mass is 804 g/mol. The minimum absolute atomic E-state index is 0.0303. The molecule has 2 fully saturated rings. The van der Waals surface area contributed by atoms with Crippen LogP contribution in [0.2, 0.25) is 0 Å². The smallest absolute Gasteiger partial charge is 0.407 e. The molecule has 4 amide bonds. The first-order chi connectivity index (χ1) is 28.1. The number of carbonyl (C=O) groups excluding carboxylic acids is 4. The van der Waals surface area contributed by atoms with Crippen LogP contribution in [0.25, 0.3) is 44.7 Å². The molecule has 1 aromatic carbocycles. The summed E-state index contributed by atoms with van der Waals surface area (Å²) in [7, 11) is 3.30. The van der Waals surface area contributed by atoms with E-state index in [2.05, 4.69) is 98.0 Å². The zero-order chi connectivity index (χ0) is 42.9. The zero-order valence-electron chi connectivity index (χ0n) is 35.9. The van der Waals surface area contributed by atoms with Gasteiger partial charge >= 0.3 is 6.09 Å². The number of aromatic amines is 2. The van der Waals surface area contributed by atoms with Gasteiger partial charge in [-0.15, -0.1) is 0 Å². The van der Waals surface area contributed by atoms with Crippen LogP contribution in [-0.4, -0.2) is 104 Å². The summed E-state index contributed by atoms with van der Waals surface area (Å²) < 4.78 is 12.3. The Balaban J connectivity index is 0.000000299. The Morgan fingerprint density at radius 3 is 1.66 bits per heavy atom. The van der Waals surface area contributed by atoms with Crippen molar-refractivity contribution in [1.29, 1.82) is 0 Å². The molecule has 15 nitrogen and oxygen atoms in total. The molecule has 0 bridgehead atoms. The molecule has 4 aromatic heterocycles. The average molecular weight is 804 g/mol. The highest BCUT2D eigenvalue weighted by Crippen LogP contribution is 2.37. The van der Waals surface area contributed by atoms with Crippen LogP contribution >= 0.6 is 0 Å². The number of nitrogens with zero attached hydrogens (tertiary/aromatic N) is 5. The first kappa shape index (κ1) is 48.3. The molecule has 15 heteroatoms. The molecule has 7 rings (SSSR count). The van der Waals surface area contributed by atoms with Gasteiger partial charge in [-0.3, -0.25) is 14.4 Å². The summed E-state index contributed by atoms with van der Waals surface area (Å²) in [4.78, 5) is 61.7. The van der Waals surface area contributed by atoms with E-state index in [0.29, 0.717) is 0 Å². The zero-order valence-corrected chi connectivity index (χ0v) is 35.9. The van der Waals surface area contributed by atoms with Gasteiger partial charge in [0.2, 0.25) is 17.7 Å². The predicted molar refractivity (Wildman–Crippen MR) is 230 cm³/mol. The van der Waals surface area contributed by atoms with Crippen molar-refractivity contribution < 1.29 is 28.3 Å². The fourth-order valence-corrected chi connectivity index (χ4v) is 5.83. The summed E-state index contributed by atoms with van der Waals surface area (Å²) >= 11 is 0. The van der Waals surface area contributed by atoms with Crippen LogP contribution in [0.15, 0.2) is 66.2 Å². The Bertz CT molecular complexity index is 1880. The standard InChI is InChI=1S/C19H15N5O.C8H14N2O3.C8H14N2O2.2C3H8.C2H6/c1-24-8-14(12-2-4-13(5-3-12)16-6-20-10-22-16)19-18(24)15(9-25-19)17-7-21-11-23-17;1-13-8(12)9-6-7(11)10-4-2-3-5-10;1-7(11)9-6-8(12)10-4-2-3-5-10;2*1-3-2;1-2/h2-11H,1H3,(H,20,22)(H,21,23);2-6H2,1H3,(H,9,12);2-6H2,1H3,(H,9,11);2*3H2,1-2H3;1-2H3. The minimum atomic E-state index is -0.562. The van der Waals surface area contributed by atoms with Crippen LogP contribution in [0.5, 0.6) is 0 Å². The Morgan fingerprint density at radius 2 is 1.21 bits per heavy atom. The van der Waals surface area contributed by atoms with E-state index in [9.17, 15) is 19.2 Å². The third-order valence-electron chi connectivity index (χ3n) is 8.45. The third-order valence-corrected chi connectivity index (χ3v) is 8.45. The van der Waals surface area contributed by atoms with Gasteiger partial charge in [0.15, 0.2) is 5.58 Å². The number of hydrogen-bond acceptors (Lipinski definition) is 8. The number of rotatable bonds is 7. The molecular weight excluding hydrogens is 739 g/mol. The van der Waals surface area contributed by atoms with Crippen LogP contribution in [0.1, 0.15) is 87.0 Å². The van der Waals surface area contributed by atoms with Crippen molar-refractivity contribution in [1.82, 2.24) is 44.9 Å². The summed E-state index contributed by atoms with van der Waals surface area (Å²) in [5.41, 5.74) is 8.17. The van der Waals surface area contributed by atoms with Crippen molar-refractivity contribution >= 4 is 34.9 Å². The molecule has 0 atom stereocenters. The van der Waals surface area contributed by atoms with Gasteiger partial charge in [-0.1, -0.05) is 78.6 Å². The predicted octanol–water partition coefficient (Wildman–Crippen LogP) is 7.79. The van der Waals surface area contributed by atoms with Crippen LogP contribution in [-0.2, 0) is 26.2 Å². The second-order valence-corrected chi connectivity index (χ2v) is 13.3. The summed E-state index contributed by atoms with van der Waals surface area (Å²) in [6.45, 7) is 17.4. The summed E-state index contributed by atoms with van der Waals surface area (Å²) in [5.74, 6) is -0.159. The van der Waals surface area contributed by atoms with Gasteiger partial charge in [0, 0.05) is 51.9 Å². The first-order valence-electron chi connectivity index (χ1n) is 20.3. The fraction of sp³-hybridized carbons (Fsp3) is 0.488. The van der Waals surface area contributed by atoms with E-state index >= 15 is 0 Å². The van der Waals surface area contributed by atoms with Crippen LogP contribution < -0.4 is 10.6 Å². The van der Waals surface area contributed by atoms with Gasteiger partial charge < -0.3 is 44.1 Å². The van der Waals surface area contributed by atoms with E-state index in [1.54, 1.807) is 34.9 Å². The summed E-state index contributed by atoms with van der Waals surface area (Å²) in [6, 6.07) is 8.37. The number of amides is 4. The average Bonchev–Trinajstić information content (AvgIpc) is 4.09. The van der Waals surface area contributed by atoms with Crippen molar-refractivity contribution in [3.05, 3.63) is 61.8 Å². The number of ether oxygens (including phenoxy) is 1. The normalized spacial score (nSPS) is 12.5. The molecule has 0 radical (unpaired) electrons. The number of aryl methyl sites for hydroxylation is 1. The Hall–Kier alpha value is -5.86. The molecule has 4 N–H and O–H groups in total. The number of methoxy groups -OCH3 is 1. The molecule has 2 aliphatic rings. The largest absolute Gasteiger partial charge is 0.461 e. The number of imidazole rings is 2. The Labute approximate surface area is 343 Å². The highest BCUT2D eigenvalue weighted by molar-refractivity contribution is 6.00. The molecule has 5 aromatic rings. The van der Waals surface area contributed by atoms with E-state index in [1.807, 2.05) is 27.1 Å². The van der Waals surface area contributed by atoms with Gasteiger partial charge in [0.1, 0.15) is 12.8 Å². The van der Waals surface area contributed by atoms with Gasteiger partial charge in [-0.2, -0.15) is 0 Å². The molecule has 2 aliphatic heterocycles. The number of furan rings is 1. The lowest BCUT2D eigenvalue weighted by molar-refractivity contribution is -0.131. The number of benzene rings is 1. The Kier molecular flexibility index (Phi) is 22.4. The Morgan fingerprint density at radius 1 is 0.741 bits per heavy atom. The van der Waals surface area contributed by atoms with Crippen LogP contribution in [0.3, 0.4) is 0 Å². The second-order valence-electron chi connectivity index (χ2n) is 13.3. The highest BCUT2D eigenvalue weighted by atomic mass is 16.5. The molecule has 58 heavy (non-hydrogen) atoms. The summed E-state index contributed by atoms with van der Waals surface area (Å²) in [6.07, 6.45) is 17.1. The van der Waals surface area contributed by atoms with E-state index in [1.165, 1.54) is 26.9 Å². The highest BCUT2D eigenvalue weighted by Gasteiger charge is 2.20. The van der Waals surface area contributed by atoms with Crippen molar-refractivity contribution in [2.24, 2.45) is 7.05 Å². The molecule has 6 heterocycles. The van der Waals surface area contributed by atoms with Crippen molar-refractivity contribution in [2.75, 3.05) is 46.4 Å². The number of likely N-dealkylation sites (tertiary alicyclic amines) is 2. The lowest BCUT2D eigenvalue weighted by Gasteiger charge is -2.14. The van der Waals surface area contributed by atoms with E-state index < -0.39 is 6.09 Å².